The quantitative estimate of drug-likeness (QED) is 0.927. The van der Waals surface area contributed by atoms with Crippen LogP contribution in [0, 0.1) is 0 Å². The molecule has 1 N–H and O–H groups in total. The van der Waals surface area contributed by atoms with E-state index >= 15 is 0 Å². The topological polar surface area (TPSA) is 58.6 Å². The van der Waals surface area contributed by atoms with E-state index in [1.54, 1.807) is 43.5 Å². The monoisotopic (exact) mass is 338 g/mol. The van der Waals surface area contributed by atoms with Crippen molar-refractivity contribution in [2.75, 3.05) is 25.5 Å². The summed E-state index contributed by atoms with van der Waals surface area (Å²) >= 11 is 0. The van der Waals surface area contributed by atoms with Crippen LogP contribution >= 0.6 is 0 Å². The molecule has 1 aliphatic heterocycles. The Morgan fingerprint density at radius 3 is 2.32 bits per heavy atom. The van der Waals surface area contributed by atoms with Gasteiger partial charge in [-0.3, -0.25) is 9.59 Å². The maximum Gasteiger partial charge on any atom is 0.255 e. The number of benzene rings is 2. The summed E-state index contributed by atoms with van der Waals surface area (Å²) < 4.78 is 5.10. The Bertz CT molecular complexity index is 750. The Labute approximate surface area is 147 Å². The lowest BCUT2D eigenvalue weighted by Crippen LogP contribution is -2.36. The number of piperidine rings is 1. The van der Waals surface area contributed by atoms with E-state index in [0.29, 0.717) is 22.6 Å². The summed E-state index contributed by atoms with van der Waals surface area (Å²) in [7, 11) is 1.58. The van der Waals surface area contributed by atoms with Crippen molar-refractivity contribution in [1.82, 2.24) is 4.90 Å². The fraction of sp³-hybridized carbons (Fsp3) is 0.300. The average Bonchev–Trinajstić information content (AvgIpc) is 2.68. The number of hydrogen-bond acceptors (Lipinski definition) is 3. The van der Waals surface area contributed by atoms with E-state index in [1.165, 1.54) is 6.42 Å². The van der Waals surface area contributed by atoms with E-state index in [9.17, 15) is 9.59 Å². The van der Waals surface area contributed by atoms with E-state index in [-0.39, 0.29) is 11.8 Å². The normalized spacial score (nSPS) is 14.0. The summed E-state index contributed by atoms with van der Waals surface area (Å²) in [5.74, 6) is 0.420. The minimum atomic E-state index is -0.249. The second-order valence-electron chi connectivity index (χ2n) is 6.08. The molecule has 0 aromatic heterocycles. The Balaban J connectivity index is 1.77. The number of anilines is 1. The molecule has 25 heavy (non-hydrogen) atoms. The molecule has 5 nitrogen and oxygen atoms in total. The second-order valence-corrected chi connectivity index (χ2v) is 6.08. The average molecular weight is 338 g/mol. The van der Waals surface area contributed by atoms with Gasteiger partial charge < -0.3 is 15.0 Å². The van der Waals surface area contributed by atoms with Crippen LogP contribution in [0.2, 0.25) is 0 Å². The van der Waals surface area contributed by atoms with Crippen LogP contribution in [0.1, 0.15) is 40.0 Å². The van der Waals surface area contributed by atoms with E-state index in [0.717, 1.165) is 25.9 Å². The van der Waals surface area contributed by atoms with Gasteiger partial charge in [0.15, 0.2) is 0 Å². The minimum Gasteiger partial charge on any atom is -0.497 e. The molecule has 1 saturated heterocycles. The highest BCUT2D eigenvalue weighted by Gasteiger charge is 2.21. The van der Waals surface area contributed by atoms with Crippen molar-refractivity contribution < 1.29 is 14.3 Å². The molecule has 0 unspecified atom stereocenters. The Kier molecular flexibility index (Phi) is 5.33. The maximum absolute atomic E-state index is 12.8. The molecular formula is C20H22N2O3. The zero-order chi connectivity index (χ0) is 17.6. The van der Waals surface area contributed by atoms with Crippen LogP contribution in [-0.2, 0) is 0 Å². The molecule has 0 radical (unpaired) electrons. The van der Waals surface area contributed by atoms with Gasteiger partial charge in [0.25, 0.3) is 11.8 Å². The molecule has 2 aromatic carbocycles. The van der Waals surface area contributed by atoms with E-state index in [1.807, 2.05) is 17.0 Å². The van der Waals surface area contributed by atoms with Crippen LogP contribution in [0.15, 0.2) is 48.5 Å². The van der Waals surface area contributed by atoms with Gasteiger partial charge in [0.2, 0.25) is 0 Å². The van der Waals surface area contributed by atoms with Gasteiger partial charge in [-0.05, 0) is 55.7 Å². The number of para-hydroxylation sites is 1. The van der Waals surface area contributed by atoms with Crippen molar-refractivity contribution in [1.29, 1.82) is 0 Å². The number of amides is 2. The van der Waals surface area contributed by atoms with Crippen molar-refractivity contribution in [3.8, 4) is 5.75 Å². The third kappa shape index (κ3) is 3.99. The standard InChI is InChI=1S/C20H22N2O3/c1-25-16-11-9-15(10-12-16)19(23)21-18-8-4-3-7-17(18)20(24)22-13-5-2-6-14-22/h3-4,7-12H,2,5-6,13-14H2,1H3,(H,21,23). The first-order chi connectivity index (χ1) is 12.2. The summed E-state index contributed by atoms with van der Waals surface area (Å²) in [6, 6.07) is 14.0. The zero-order valence-corrected chi connectivity index (χ0v) is 14.3. The van der Waals surface area contributed by atoms with Gasteiger partial charge in [0.1, 0.15) is 5.75 Å². The van der Waals surface area contributed by atoms with Crippen LogP contribution in [0.5, 0.6) is 5.75 Å². The lowest BCUT2D eigenvalue weighted by Gasteiger charge is -2.27. The van der Waals surface area contributed by atoms with Gasteiger partial charge in [-0.1, -0.05) is 12.1 Å². The number of hydrogen-bond donors (Lipinski definition) is 1. The van der Waals surface area contributed by atoms with Gasteiger partial charge in [0, 0.05) is 18.7 Å². The Morgan fingerprint density at radius 1 is 0.960 bits per heavy atom. The number of nitrogens with one attached hydrogen (secondary N) is 1. The minimum absolute atomic E-state index is 0.0228. The molecule has 0 bridgehead atoms. The molecule has 3 rings (SSSR count). The van der Waals surface area contributed by atoms with E-state index in [2.05, 4.69) is 5.32 Å². The molecule has 0 aliphatic carbocycles. The SMILES string of the molecule is COc1ccc(C(=O)Nc2ccccc2C(=O)N2CCCCC2)cc1. The number of likely N-dealkylation sites (tertiary alicyclic amines) is 1. The molecule has 0 spiro atoms. The van der Waals surface area contributed by atoms with E-state index < -0.39 is 0 Å². The fourth-order valence-corrected chi connectivity index (χ4v) is 2.98. The number of carbonyl (C=O) groups excluding carboxylic acids is 2. The molecule has 0 atom stereocenters. The predicted molar refractivity (Wildman–Crippen MR) is 97.1 cm³/mol. The lowest BCUT2D eigenvalue weighted by atomic mass is 10.1. The Hall–Kier alpha value is -2.82. The largest absolute Gasteiger partial charge is 0.497 e. The first-order valence-electron chi connectivity index (χ1n) is 8.53. The molecule has 2 amide bonds. The summed E-state index contributed by atoms with van der Waals surface area (Å²) in [5, 5.41) is 2.86. The van der Waals surface area contributed by atoms with Crippen molar-refractivity contribution >= 4 is 17.5 Å². The van der Waals surface area contributed by atoms with Crippen LogP contribution in [0.3, 0.4) is 0 Å². The molecule has 0 saturated carbocycles. The first-order valence-corrected chi connectivity index (χ1v) is 8.53. The first kappa shape index (κ1) is 17.0. The summed E-state index contributed by atoms with van der Waals surface area (Å²) in [6.07, 6.45) is 3.23. The maximum atomic E-state index is 12.8. The van der Waals surface area contributed by atoms with Gasteiger partial charge in [-0.25, -0.2) is 0 Å². The number of ether oxygens (including phenoxy) is 1. The van der Waals surface area contributed by atoms with Crippen molar-refractivity contribution in [2.24, 2.45) is 0 Å². The predicted octanol–water partition coefficient (Wildman–Crippen LogP) is 3.57. The number of rotatable bonds is 4. The van der Waals surface area contributed by atoms with Crippen LogP contribution in [0.25, 0.3) is 0 Å². The van der Waals surface area contributed by atoms with Crippen molar-refractivity contribution in [2.45, 2.75) is 19.3 Å². The molecule has 1 fully saturated rings. The molecule has 1 aliphatic rings. The molecule has 130 valence electrons. The van der Waals surface area contributed by atoms with Crippen LogP contribution in [0.4, 0.5) is 5.69 Å². The smallest absolute Gasteiger partial charge is 0.255 e. The van der Waals surface area contributed by atoms with Crippen molar-refractivity contribution in [3.05, 3.63) is 59.7 Å². The number of methoxy groups -OCH3 is 1. The lowest BCUT2D eigenvalue weighted by molar-refractivity contribution is 0.0725. The summed E-state index contributed by atoms with van der Waals surface area (Å²) in [5.41, 5.74) is 1.59. The molecule has 5 heteroatoms. The van der Waals surface area contributed by atoms with E-state index in [4.69, 9.17) is 4.74 Å². The number of carbonyl (C=O) groups is 2. The molecule has 2 aromatic rings. The molecule has 1 heterocycles. The fourth-order valence-electron chi connectivity index (χ4n) is 2.98. The van der Waals surface area contributed by atoms with Gasteiger partial charge >= 0.3 is 0 Å². The molecular weight excluding hydrogens is 316 g/mol. The highest BCUT2D eigenvalue weighted by molar-refractivity contribution is 6.09. The van der Waals surface area contributed by atoms with Gasteiger partial charge in [-0.15, -0.1) is 0 Å². The zero-order valence-electron chi connectivity index (χ0n) is 14.3. The Morgan fingerprint density at radius 2 is 1.64 bits per heavy atom. The third-order valence-corrected chi connectivity index (χ3v) is 4.40. The number of nitrogens with zero attached hydrogens (tertiary/aromatic N) is 1. The summed E-state index contributed by atoms with van der Waals surface area (Å²) in [4.78, 5) is 27.1. The van der Waals surface area contributed by atoms with Crippen LogP contribution in [-0.4, -0.2) is 36.9 Å². The van der Waals surface area contributed by atoms with Gasteiger partial charge in [0.05, 0.1) is 18.4 Å². The van der Waals surface area contributed by atoms with Gasteiger partial charge in [-0.2, -0.15) is 0 Å². The third-order valence-electron chi connectivity index (χ3n) is 4.40. The summed E-state index contributed by atoms with van der Waals surface area (Å²) in [6.45, 7) is 1.55. The highest BCUT2D eigenvalue weighted by Crippen LogP contribution is 2.21. The van der Waals surface area contributed by atoms with Crippen LogP contribution < -0.4 is 10.1 Å². The second kappa shape index (κ2) is 7.83. The highest BCUT2D eigenvalue weighted by atomic mass is 16.5. The van der Waals surface area contributed by atoms with Crippen molar-refractivity contribution in [3.63, 3.8) is 0 Å².